The molecule has 2 nitrogen and oxygen atoms in total. The largest absolute Gasteiger partial charge is 0.318 e. The molecular formula is C18H18Cl2N2. The molecule has 0 aliphatic heterocycles. The molecule has 0 spiro atoms. The second-order valence-electron chi connectivity index (χ2n) is 5.66. The Kier molecular flexibility index (Phi) is 3.84. The number of halogens is 2. The molecule has 0 aliphatic rings. The molecule has 22 heavy (non-hydrogen) atoms. The number of nitrogens with zero attached hydrogens (tertiary/aromatic N) is 2. The summed E-state index contributed by atoms with van der Waals surface area (Å²) in [7, 11) is 0. The zero-order valence-electron chi connectivity index (χ0n) is 13.1. The van der Waals surface area contributed by atoms with Gasteiger partial charge < -0.3 is 9.13 Å². The van der Waals surface area contributed by atoms with Gasteiger partial charge in [-0.15, -0.1) is 0 Å². The molecule has 2 heterocycles. The SMILES string of the molecule is Cc1ccc(C)n1-c1cc(Cl)c(-n2c(C)ccc2C)c(Cl)c1. The minimum Gasteiger partial charge on any atom is -0.318 e. The molecule has 0 saturated heterocycles. The van der Waals surface area contributed by atoms with Crippen molar-refractivity contribution in [1.29, 1.82) is 0 Å². The lowest BCUT2D eigenvalue weighted by Gasteiger charge is -2.17. The second kappa shape index (κ2) is 5.53. The van der Waals surface area contributed by atoms with Crippen LogP contribution in [0.5, 0.6) is 0 Å². The van der Waals surface area contributed by atoms with E-state index in [0.29, 0.717) is 10.0 Å². The van der Waals surface area contributed by atoms with Crippen molar-refractivity contribution in [2.24, 2.45) is 0 Å². The van der Waals surface area contributed by atoms with Crippen LogP contribution in [0.2, 0.25) is 10.0 Å². The molecule has 2 aromatic heterocycles. The summed E-state index contributed by atoms with van der Waals surface area (Å²) in [5.74, 6) is 0. The average molecular weight is 333 g/mol. The van der Waals surface area contributed by atoms with Crippen molar-refractivity contribution in [3.05, 3.63) is 69.2 Å². The van der Waals surface area contributed by atoms with E-state index in [4.69, 9.17) is 23.2 Å². The lowest BCUT2D eigenvalue weighted by molar-refractivity contribution is 0.947. The van der Waals surface area contributed by atoms with Crippen LogP contribution in [0.4, 0.5) is 0 Å². The molecule has 0 unspecified atom stereocenters. The van der Waals surface area contributed by atoms with E-state index in [0.717, 1.165) is 34.2 Å². The van der Waals surface area contributed by atoms with Gasteiger partial charge in [-0.3, -0.25) is 0 Å². The van der Waals surface area contributed by atoms with Crippen molar-refractivity contribution >= 4 is 23.2 Å². The van der Waals surface area contributed by atoms with Gasteiger partial charge in [0.15, 0.2) is 0 Å². The molecule has 0 N–H and O–H groups in total. The van der Waals surface area contributed by atoms with Crippen molar-refractivity contribution < 1.29 is 0 Å². The molecule has 0 aliphatic carbocycles. The highest BCUT2D eigenvalue weighted by molar-refractivity contribution is 6.38. The first-order valence-corrected chi connectivity index (χ1v) is 7.95. The van der Waals surface area contributed by atoms with Gasteiger partial charge >= 0.3 is 0 Å². The third kappa shape index (κ3) is 2.37. The quantitative estimate of drug-likeness (QED) is 0.560. The van der Waals surface area contributed by atoms with E-state index in [1.165, 1.54) is 0 Å². The zero-order chi connectivity index (χ0) is 16.0. The van der Waals surface area contributed by atoms with Crippen molar-refractivity contribution in [3.8, 4) is 11.4 Å². The number of aromatic nitrogens is 2. The van der Waals surface area contributed by atoms with E-state index >= 15 is 0 Å². The van der Waals surface area contributed by atoms with Crippen LogP contribution in [0.15, 0.2) is 36.4 Å². The van der Waals surface area contributed by atoms with Crippen LogP contribution in [-0.2, 0) is 0 Å². The number of hydrogen-bond donors (Lipinski definition) is 0. The van der Waals surface area contributed by atoms with E-state index in [9.17, 15) is 0 Å². The summed E-state index contributed by atoms with van der Waals surface area (Å²) < 4.78 is 4.24. The van der Waals surface area contributed by atoms with Gasteiger partial charge in [0.05, 0.1) is 15.7 Å². The van der Waals surface area contributed by atoms with E-state index in [1.54, 1.807) is 0 Å². The Morgan fingerprint density at radius 1 is 0.636 bits per heavy atom. The first-order chi connectivity index (χ1) is 10.4. The molecule has 0 amide bonds. The zero-order valence-corrected chi connectivity index (χ0v) is 14.6. The van der Waals surface area contributed by atoms with Crippen LogP contribution in [0.1, 0.15) is 22.8 Å². The maximum absolute atomic E-state index is 6.57. The van der Waals surface area contributed by atoms with Gasteiger partial charge in [-0.1, -0.05) is 23.2 Å². The molecule has 0 saturated carbocycles. The Hall–Kier alpha value is -1.64. The summed E-state index contributed by atoms with van der Waals surface area (Å²) in [6.07, 6.45) is 0. The van der Waals surface area contributed by atoms with Crippen LogP contribution in [0.3, 0.4) is 0 Å². The van der Waals surface area contributed by atoms with Gasteiger partial charge in [-0.2, -0.15) is 0 Å². The first kappa shape index (κ1) is 15.3. The Balaban J connectivity index is 2.22. The van der Waals surface area contributed by atoms with Crippen LogP contribution in [0.25, 0.3) is 11.4 Å². The predicted molar refractivity (Wildman–Crippen MR) is 94.1 cm³/mol. The second-order valence-corrected chi connectivity index (χ2v) is 6.48. The molecular weight excluding hydrogens is 315 g/mol. The Morgan fingerprint density at radius 3 is 1.41 bits per heavy atom. The summed E-state index contributed by atoms with van der Waals surface area (Å²) >= 11 is 13.1. The van der Waals surface area contributed by atoms with Crippen LogP contribution >= 0.6 is 23.2 Å². The number of hydrogen-bond acceptors (Lipinski definition) is 0. The lowest BCUT2D eigenvalue weighted by Crippen LogP contribution is -2.04. The monoisotopic (exact) mass is 332 g/mol. The van der Waals surface area contributed by atoms with Gasteiger partial charge in [-0.05, 0) is 64.1 Å². The molecule has 0 bridgehead atoms. The maximum atomic E-state index is 6.57. The van der Waals surface area contributed by atoms with Gasteiger partial charge in [-0.25, -0.2) is 0 Å². The molecule has 0 radical (unpaired) electrons. The average Bonchev–Trinajstić information content (AvgIpc) is 2.94. The van der Waals surface area contributed by atoms with E-state index < -0.39 is 0 Å². The van der Waals surface area contributed by atoms with E-state index in [2.05, 4.69) is 47.2 Å². The molecule has 4 heteroatoms. The number of aryl methyl sites for hydroxylation is 4. The van der Waals surface area contributed by atoms with Gasteiger partial charge in [0, 0.05) is 28.5 Å². The maximum Gasteiger partial charge on any atom is 0.0831 e. The summed E-state index contributed by atoms with van der Waals surface area (Å²) in [6, 6.07) is 12.3. The van der Waals surface area contributed by atoms with Crippen LogP contribution < -0.4 is 0 Å². The minimum absolute atomic E-state index is 0.650. The summed E-state index contributed by atoms with van der Waals surface area (Å²) in [6.45, 7) is 8.24. The van der Waals surface area contributed by atoms with Gasteiger partial charge in [0.25, 0.3) is 0 Å². The fraction of sp³-hybridized carbons (Fsp3) is 0.222. The fourth-order valence-corrected chi connectivity index (χ4v) is 3.64. The smallest absolute Gasteiger partial charge is 0.0831 e. The van der Waals surface area contributed by atoms with Gasteiger partial charge in [0.1, 0.15) is 0 Å². The Morgan fingerprint density at radius 2 is 1.00 bits per heavy atom. The normalized spacial score (nSPS) is 11.2. The van der Waals surface area contributed by atoms with Crippen molar-refractivity contribution in [3.63, 3.8) is 0 Å². The Bertz CT molecular complexity index is 794. The number of benzene rings is 1. The minimum atomic E-state index is 0.650. The van der Waals surface area contributed by atoms with Crippen LogP contribution in [-0.4, -0.2) is 9.13 Å². The summed E-state index contributed by atoms with van der Waals surface area (Å²) in [4.78, 5) is 0. The Labute approximate surface area is 140 Å². The predicted octanol–water partition coefficient (Wildman–Crippen LogP) is 5.81. The van der Waals surface area contributed by atoms with Crippen molar-refractivity contribution in [2.75, 3.05) is 0 Å². The van der Waals surface area contributed by atoms with Gasteiger partial charge in [0.2, 0.25) is 0 Å². The first-order valence-electron chi connectivity index (χ1n) is 7.20. The molecule has 3 aromatic rings. The highest BCUT2D eigenvalue weighted by Crippen LogP contribution is 2.34. The summed E-state index contributed by atoms with van der Waals surface area (Å²) in [5, 5.41) is 1.30. The molecule has 1 aromatic carbocycles. The van der Waals surface area contributed by atoms with E-state index in [1.807, 2.05) is 26.0 Å². The molecule has 0 fully saturated rings. The third-order valence-corrected chi connectivity index (χ3v) is 4.60. The highest BCUT2D eigenvalue weighted by Gasteiger charge is 2.15. The lowest BCUT2D eigenvalue weighted by atomic mass is 10.2. The highest BCUT2D eigenvalue weighted by atomic mass is 35.5. The molecule has 0 atom stereocenters. The van der Waals surface area contributed by atoms with E-state index in [-0.39, 0.29) is 0 Å². The number of rotatable bonds is 2. The standard InChI is InChI=1S/C18H18Cl2N2/c1-11-5-6-12(2)21(11)15-9-16(19)18(17(20)10-15)22-13(3)7-8-14(22)4/h5-10H,1-4H3. The van der Waals surface area contributed by atoms with Crippen LogP contribution in [0, 0.1) is 27.7 Å². The fourth-order valence-electron chi connectivity index (χ4n) is 2.99. The third-order valence-electron chi connectivity index (χ3n) is 4.03. The summed E-state index contributed by atoms with van der Waals surface area (Å²) in [5.41, 5.74) is 6.37. The molecule has 114 valence electrons. The van der Waals surface area contributed by atoms with Crippen molar-refractivity contribution in [2.45, 2.75) is 27.7 Å². The van der Waals surface area contributed by atoms with Crippen molar-refractivity contribution in [1.82, 2.24) is 9.13 Å². The topological polar surface area (TPSA) is 9.86 Å². The molecule has 3 rings (SSSR count).